The fourth-order valence-corrected chi connectivity index (χ4v) is 1.36. The van der Waals surface area contributed by atoms with Gasteiger partial charge in [-0.15, -0.1) is 0 Å². The molecule has 0 unspecified atom stereocenters. The van der Waals surface area contributed by atoms with E-state index in [1.165, 1.54) is 11.1 Å². The van der Waals surface area contributed by atoms with Gasteiger partial charge in [0.15, 0.2) is 0 Å². The smallest absolute Gasteiger partial charge is 0.0669 e. The van der Waals surface area contributed by atoms with Crippen molar-refractivity contribution < 1.29 is 0 Å². The van der Waals surface area contributed by atoms with Gasteiger partial charge in [-0.05, 0) is 30.0 Å². The Hall–Kier alpha value is -1.29. The number of benzene rings is 1. The van der Waals surface area contributed by atoms with Crippen molar-refractivity contribution in [1.29, 1.82) is 5.26 Å². The average Bonchev–Trinajstić information content (AvgIpc) is 2.05. The number of rotatable bonds is 2. The van der Waals surface area contributed by atoms with Crippen molar-refractivity contribution >= 4 is 0 Å². The molecule has 0 saturated carbocycles. The number of nitriles is 1. The lowest BCUT2D eigenvalue weighted by atomic mass is 10.0. The molecule has 1 aromatic rings. The van der Waals surface area contributed by atoms with Crippen molar-refractivity contribution in [2.24, 2.45) is 0 Å². The predicted octanol–water partition coefficient (Wildman–Crippen LogP) is 2.62. The summed E-state index contributed by atoms with van der Waals surface area (Å²) in [5.74, 6) is 0. The maximum atomic E-state index is 8.49. The van der Waals surface area contributed by atoms with Gasteiger partial charge < -0.3 is 0 Å². The molecule has 1 rings (SSSR count). The van der Waals surface area contributed by atoms with E-state index in [1.807, 2.05) is 6.07 Å². The van der Waals surface area contributed by atoms with Crippen LogP contribution < -0.4 is 0 Å². The molecule has 0 radical (unpaired) electrons. The van der Waals surface area contributed by atoms with Gasteiger partial charge in [0.25, 0.3) is 0 Å². The van der Waals surface area contributed by atoms with Gasteiger partial charge in [0.1, 0.15) is 0 Å². The summed E-state index contributed by atoms with van der Waals surface area (Å²) in [5, 5.41) is 8.49. The molecule has 0 aliphatic carbocycles. The molecule has 0 N–H and O–H groups in total. The number of aryl methyl sites for hydroxylation is 2. The van der Waals surface area contributed by atoms with E-state index in [9.17, 15) is 0 Å². The van der Waals surface area contributed by atoms with Gasteiger partial charge >= 0.3 is 0 Å². The third kappa shape index (κ3) is 1.85. The Labute approximate surface area is 73.6 Å². The monoisotopic (exact) mass is 159 g/mol. The fraction of sp³-hybridized carbons (Fsp3) is 0.364. The van der Waals surface area contributed by atoms with Crippen LogP contribution in [0.15, 0.2) is 18.2 Å². The van der Waals surface area contributed by atoms with Gasteiger partial charge in [0.05, 0.1) is 12.5 Å². The first-order chi connectivity index (χ1) is 5.77. The van der Waals surface area contributed by atoms with Crippen molar-refractivity contribution in [1.82, 2.24) is 0 Å². The van der Waals surface area contributed by atoms with Crippen LogP contribution in [0.25, 0.3) is 0 Å². The number of hydrogen-bond acceptors (Lipinski definition) is 1. The zero-order chi connectivity index (χ0) is 8.97. The van der Waals surface area contributed by atoms with Gasteiger partial charge in [-0.25, -0.2) is 0 Å². The minimum Gasteiger partial charge on any atom is -0.198 e. The molecule has 0 amide bonds. The minimum absolute atomic E-state index is 0.519. The molecule has 12 heavy (non-hydrogen) atoms. The average molecular weight is 159 g/mol. The predicted molar refractivity (Wildman–Crippen MR) is 49.9 cm³/mol. The van der Waals surface area contributed by atoms with Crippen LogP contribution in [0.5, 0.6) is 0 Å². The summed E-state index contributed by atoms with van der Waals surface area (Å²) >= 11 is 0. The lowest BCUT2D eigenvalue weighted by Crippen LogP contribution is -1.89. The Morgan fingerprint density at radius 3 is 2.67 bits per heavy atom. The van der Waals surface area contributed by atoms with Crippen LogP contribution in [0.2, 0.25) is 0 Å². The Balaban J connectivity index is 2.95. The molecule has 0 aliphatic heterocycles. The van der Waals surface area contributed by atoms with Gasteiger partial charge in [-0.3, -0.25) is 0 Å². The topological polar surface area (TPSA) is 23.8 Å². The molecule has 0 fully saturated rings. The molecule has 0 spiro atoms. The van der Waals surface area contributed by atoms with Crippen LogP contribution in [0.1, 0.15) is 23.6 Å². The highest BCUT2D eigenvalue weighted by atomic mass is 14.2. The highest BCUT2D eigenvalue weighted by Gasteiger charge is 1.96. The molecule has 62 valence electrons. The first-order valence-electron chi connectivity index (χ1n) is 4.23. The lowest BCUT2D eigenvalue weighted by Gasteiger charge is -2.03. The van der Waals surface area contributed by atoms with Gasteiger partial charge in [-0.1, -0.05) is 25.1 Å². The van der Waals surface area contributed by atoms with Crippen molar-refractivity contribution in [2.45, 2.75) is 26.7 Å². The Bertz CT molecular complexity index is 307. The first kappa shape index (κ1) is 8.80. The zero-order valence-electron chi connectivity index (χ0n) is 7.59. The lowest BCUT2D eigenvalue weighted by molar-refractivity contribution is 1.10. The minimum atomic E-state index is 0.519. The summed E-state index contributed by atoms with van der Waals surface area (Å²) in [5.41, 5.74) is 3.79. The van der Waals surface area contributed by atoms with Crippen LogP contribution in [0.3, 0.4) is 0 Å². The molecule has 0 bridgehead atoms. The van der Waals surface area contributed by atoms with Crippen molar-refractivity contribution in [2.75, 3.05) is 0 Å². The first-order valence-corrected chi connectivity index (χ1v) is 4.23. The summed E-state index contributed by atoms with van der Waals surface area (Å²) < 4.78 is 0. The summed E-state index contributed by atoms with van der Waals surface area (Å²) in [6.07, 6.45) is 1.59. The Morgan fingerprint density at radius 2 is 2.17 bits per heavy atom. The summed E-state index contributed by atoms with van der Waals surface area (Å²) in [6.45, 7) is 4.24. The van der Waals surface area contributed by atoms with Gasteiger partial charge in [-0.2, -0.15) is 5.26 Å². The summed E-state index contributed by atoms with van der Waals surface area (Å²) in [6, 6.07) is 8.40. The number of hydrogen-bond donors (Lipinski definition) is 0. The molecule has 1 nitrogen and oxygen atoms in total. The molecule has 0 saturated heterocycles. The second-order valence-corrected chi connectivity index (χ2v) is 2.95. The van der Waals surface area contributed by atoms with Crippen LogP contribution in [0, 0.1) is 18.3 Å². The van der Waals surface area contributed by atoms with Crippen molar-refractivity contribution in [3.05, 3.63) is 34.9 Å². The van der Waals surface area contributed by atoms with E-state index in [0.717, 1.165) is 12.0 Å². The molecule has 0 atom stereocenters. The van der Waals surface area contributed by atoms with E-state index in [1.54, 1.807) is 0 Å². The standard InChI is InChI=1S/C11H13N/c1-3-11-5-4-10(6-7-12)8-9(11)2/h4-5,8H,3,6H2,1-2H3. The van der Waals surface area contributed by atoms with Crippen LogP contribution in [-0.2, 0) is 12.8 Å². The molecule has 0 aliphatic rings. The fourth-order valence-electron chi connectivity index (χ4n) is 1.36. The largest absolute Gasteiger partial charge is 0.198 e. The summed E-state index contributed by atoms with van der Waals surface area (Å²) in [4.78, 5) is 0. The molecule has 0 heterocycles. The van der Waals surface area contributed by atoms with Gasteiger partial charge in [0.2, 0.25) is 0 Å². The van der Waals surface area contributed by atoms with E-state index in [4.69, 9.17) is 5.26 Å². The Kier molecular flexibility index (Phi) is 2.88. The third-order valence-corrected chi connectivity index (χ3v) is 2.07. The second-order valence-electron chi connectivity index (χ2n) is 2.95. The van der Waals surface area contributed by atoms with Crippen LogP contribution in [-0.4, -0.2) is 0 Å². The van der Waals surface area contributed by atoms with E-state index in [0.29, 0.717) is 6.42 Å². The highest BCUT2D eigenvalue weighted by Crippen LogP contribution is 2.11. The van der Waals surface area contributed by atoms with E-state index >= 15 is 0 Å². The molecular weight excluding hydrogens is 146 g/mol. The SMILES string of the molecule is CCc1ccc(CC#N)cc1C. The number of nitrogens with zero attached hydrogens (tertiary/aromatic N) is 1. The van der Waals surface area contributed by atoms with Crippen LogP contribution in [0.4, 0.5) is 0 Å². The van der Waals surface area contributed by atoms with Crippen molar-refractivity contribution in [3.8, 4) is 6.07 Å². The molecule has 1 heteroatoms. The third-order valence-electron chi connectivity index (χ3n) is 2.07. The van der Waals surface area contributed by atoms with Gasteiger partial charge in [0, 0.05) is 0 Å². The maximum Gasteiger partial charge on any atom is 0.0669 e. The normalized spacial score (nSPS) is 9.42. The molecular formula is C11H13N. The summed E-state index contributed by atoms with van der Waals surface area (Å²) in [7, 11) is 0. The molecule has 1 aromatic carbocycles. The maximum absolute atomic E-state index is 8.49. The van der Waals surface area contributed by atoms with Crippen molar-refractivity contribution in [3.63, 3.8) is 0 Å². The van der Waals surface area contributed by atoms with E-state index < -0.39 is 0 Å². The molecule has 0 aromatic heterocycles. The quantitative estimate of drug-likeness (QED) is 0.650. The second kappa shape index (κ2) is 3.92. The highest BCUT2D eigenvalue weighted by molar-refractivity contribution is 5.32. The van der Waals surface area contributed by atoms with Crippen LogP contribution >= 0.6 is 0 Å². The zero-order valence-corrected chi connectivity index (χ0v) is 7.59. The Morgan fingerprint density at radius 1 is 1.42 bits per heavy atom. The van der Waals surface area contributed by atoms with E-state index in [-0.39, 0.29) is 0 Å². The van der Waals surface area contributed by atoms with E-state index in [2.05, 4.69) is 32.0 Å².